The van der Waals surface area contributed by atoms with Gasteiger partial charge in [-0.1, -0.05) is 17.7 Å². The second-order valence-corrected chi connectivity index (χ2v) is 4.08. The smallest absolute Gasteiger partial charge is 0.271 e. The molecule has 0 radical (unpaired) electrons. The zero-order valence-corrected chi connectivity index (χ0v) is 9.90. The van der Waals surface area contributed by atoms with Crippen LogP contribution in [0.1, 0.15) is 16.1 Å². The fourth-order valence-corrected chi connectivity index (χ4v) is 1.61. The lowest BCUT2D eigenvalue weighted by atomic mass is 10.2. The van der Waals surface area contributed by atoms with Crippen molar-refractivity contribution >= 4 is 23.2 Å². The summed E-state index contributed by atoms with van der Waals surface area (Å²) >= 11 is 6.01. The van der Waals surface area contributed by atoms with E-state index in [0.717, 1.165) is 11.3 Å². The highest BCUT2D eigenvalue weighted by molar-refractivity contribution is 6.31. The number of aromatic nitrogens is 2. The van der Waals surface area contributed by atoms with Crippen LogP contribution in [0, 0.1) is 6.92 Å². The third-order valence-corrected chi connectivity index (χ3v) is 2.80. The van der Waals surface area contributed by atoms with Crippen LogP contribution >= 0.6 is 11.6 Å². The lowest BCUT2D eigenvalue weighted by Crippen LogP contribution is -2.14. The van der Waals surface area contributed by atoms with Crippen molar-refractivity contribution in [3.8, 4) is 5.69 Å². The molecule has 2 rings (SSSR count). The van der Waals surface area contributed by atoms with Crippen molar-refractivity contribution in [2.75, 3.05) is 5.73 Å². The van der Waals surface area contributed by atoms with Crippen LogP contribution in [-0.4, -0.2) is 15.7 Å². The van der Waals surface area contributed by atoms with Crippen molar-refractivity contribution in [2.24, 2.45) is 5.73 Å². The Morgan fingerprint density at radius 3 is 2.71 bits per heavy atom. The molecule has 0 saturated heterocycles. The van der Waals surface area contributed by atoms with E-state index in [2.05, 4.69) is 5.10 Å². The van der Waals surface area contributed by atoms with Gasteiger partial charge in [0.05, 0.1) is 17.6 Å². The summed E-state index contributed by atoms with van der Waals surface area (Å²) < 4.78 is 1.47. The molecule has 6 heteroatoms. The fourth-order valence-electron chi connectivity index (χ4n) is 1.44. The molecule has 88 valence electrons. The summed E-state index contributed by atoms with van der Waals surface area (Å²) in [6.07, 6.45) is 1.53. The second kappa shape index (κ2) is 4.10. The SMILES string of the molecule is Cc1ccc(-n2cc(N)c(C(N)=O)n2)cc1Cl. The Morgan fingerprint density at radius 1 is 1.47 bits per heavy atom. The number of primary amides is 1. The summed E-state index contributed by atoms with van der Waals surface area (Å²) in [5, 5.41) is 4.63. The highest BCUT2D eigenvalue weighted by atomic mass is 35.5. The Labute approximate surface area is 103 Å². The number of nitrogen functional groups attached to an aromatic ring is 1. The number of carbonyl (C=O) groups excluding carboxylic acids is 1. The molecule has 1 aromatic carbocycles. The third-order valence-electron chi connectivity index (χ3n) is 2.40. The monoisotopic (exact) mass is 250 g/mol. The minimum atomic E-state index is -0.653. The van der Waals surface area contributed by atoms with Crippen LogP contribution in [-0.2, 0) is 0 Å². The number of amides is 1. The van der Waals surface area contributed by atoms with Crippen molar-refractivity contribution in [1.82, 2.24) is 9.78 Å². The number of benzene rings is 1. The highest BCUT2D eigenvalue weighted by Crippen LogP contribution is 2.20. The molecule has 0 aliphatic carbocycles. The zero-order valence-electron chi connectivity index (χ0n) is 9.14. The second-order valence-electron chi connectivity index (χ2n) is 3.68. The van der Waals surface area contributed by atoms with Crippen molar-refractivity contribution < 1.29 is 4.79 Å². The molecule has 1 amide bonds. The maximum Gasteiger partial charge on any atom is 0.271 e. The Kier molecular flexibility index (Phi) is 2.77. The predicted octanol–water partition coefficient (Wildman–Crippen LogP) is 1.52. The molecular weight excluding hydrogens is 240 g/mol. The molecule has 0 saturated carbocycles. The van der Waals surface area contributed by atoms with Gasteiger partial charge < -0.3 is 11.5 Å². The molecule has 2 aromatic rings. The molecule has 0 fully saturated rings. The van der Waals surface area contributed by atoms with Crippen LogP contribution < -0.4 is 11.5 Å². The van der Waals surface area contributed by atoms with E-state index in [1.807, 2.05) is 19.1 Å². The number of nitrogens with two attached hydrogens (primary N) is 2. The standard InChI is InChI=1S/C11H11ClN4O/c1-6-2-3-7(4-8(6)12)16-5-9(13)10(15-16)11(14)17/h2-5H,13H2,1H3,(H2,14,17). The first-order valence-electron chi connectivity index (χ1n) is 4.90. The van der Waals surface area contributed by atoms with Crippen molar-refractivity contribution in [2.45, 2.75) is 6.92 Å². The van der Waals surface area contributed by atoms with Crippen LogP contribution in [0.5, 0.6) is 0 Å². The number of hydrogen-bond acceptors (Lipinski definition) is 3. The van der Waals surface area contributed by atoms with Gasteiger partial charge in [0, 0.05) is 5.02 Å². The first kappa shape index (κ1) is 11.5. The van der Waals surface area contributed by atoms with Gasteiger partial charge in [0.25, 0.3) is 5.91 Å². The number of nitrogens with zero attached hydrogens (tertiary/aromatic N) is 2. The molecular formula is C11H11ClN4O. The minimum absolute atomic E-state index is 0.0571. The molecule has 0 spiro atoms. The lowest BCUT2D eigenvalue weighted by Gasteiger charge is -2.03. The number of rotatable bonds is 2. The van der Waals surface area contributed by atoms with E-state index in [4.69, 9.17) is 23.1 Å². The van der Waals surface area contributed by atoms with Crippen LogP contribution in [0.15, 0.2) is 24.4 Å². The molecule has 1 aromatic heterocycles. The van der Waals surface area contributed by atoms with Crippen molar-refractivity contribution in [3.63, 3.8) is 0 Å². The molecule has 5 nitrogen and oxygen atoms in total. The number of halogens is 1. The van der Waals surface area contributed by atoms with Crippen molar-refractivity contribution in [3.05, 3.63) is 40.7 Å². The Bertz CT molecular complexity index is 591. The summed E-state index contributed by atoms with van der Waals surface area (Å²) in [5.41, 5.74) is 12.8. The number of hydrogen-bond donors (Lipinski definition) is 2. The molecule has 1 heterocycles. The summed E-state index contributed by atoms with van der Waals surface area (Å²) in [4.78, 5) is 11.0. The molecule has 0 atom stereocenters. The molecule has 17 heavy (non-hydrogen) atoms. The lowest BCUT2D eigenvalue weighted by molar-refractivity contribution is 0.0996. The highest BCUT2D eigenvalue weighted by Gasteiger charge is 2.12. The first-order chi connectivity index (χ1) is 7.99. The first-order valence-corrected chi connectivity index (χ1v) is 5.28. The number of carbonyl (C=O) groups is 1. The van der Waals surface area contributed by atoms with Gasteiger partial charge in [0.15, 0.2) is 5.69 Å². The van der Waals surface area contributed by atoms with Gasteiger partial charge in [-0.3, -0.25) is 4.79 Å². The third kappa shape index (κ3) is 2.09. The van der Waals surface area contributed by atoms with Gasteiger partial charge in [0.2, 0.25) is 0 Å². The quantitative estimate of drug-likeness (QED) is 0.847. The topological polar surface area (TPSA) is 86.9 Å². The zero-order chi connectivity index (χ0) is 12.6. The summed E-state index contributed by atoms with van der Waals surface area (Å²) in [7, 11) is 0. The van der Waals surface area contributed by atoms with Gasteiger partial charge in [-0.05, 0) is 24.6 Å². The molecule has 0 bridgehead atoms. The summed E-state index contributed by atoms with van der Waals surface area (Å²) in [6.45, 7) is 1.90. The Balaban J connectivity index is 2.50. The van der Waals surface area contributed by atoms with Gasteiger partial charge in [-0.2, -0.15) is 5.10 Å². The molecule has 0 unspecified atom stereocenters. The minimum Gasteiger partial charge on any atom is -0.396 e. The van der Waals surface area contributed by atoms with Crippen LogP contribution in [0.25, 0.3) is 5.69 Å². The summed E-state index contributed by atoms with van der Waals surface area (Å²) in [5.74, 6) is -0.653. The van der Waals surface area contributed by atoms with E-state index < -0.39 is 5.91 Å². The van der Waals surface area contributed by atoms with E-state index in [0.29, 0.717) is 5.02 Å². The van der Waals surface area contributed by atoms with E-state index in [1.54, 1.807) is 6.07 Å². The Hall–Kier alpha value is -2.01. The fraction of sp³-hybridized carbons (Fsp3) is 0.0909. The van der Waals surface area contributed by atoms with Gasteiger partial charge in [-0.25, -0.2) is 4.68 Å². The maximum atomic E-state index is 11.0. The largest absolute Gasteiger partial charge is 0.396 e. The van der Waals surface area contributed by atoms with Crippen molar-refractivity contribution in [1.29, 1.82) is 0 Å². The van der Waals surface area contributed by atoms with Crippen LogP contribution in [0.3, 0.4) is 0 Å². The molecule has 0 aliphatic rings. The van der Waals surface area contributed by atoms with E-state index in [9.17, 15) is 4.79 Å². The van der Waals surface area contributed by atoms with Crippen LogP contribution in [0.4, 0.5) is 5.69 Å². The van der Waals surface area contributed by atoms with E-state index >= 15 is 0 Å². The normalized spacial score (nSPS) is 10.5. The molecule has 0 aliphatic heterocycles. The van der Waals surface area contributed by atoms with Gasteiger partial charge in [0.1, 0.15) is 0 Å². The number of aryl methyl sites for hydroxylation is 1. The Morgan fingerprint density at radius 2 is 2.18 bits per heavy atom. The van der Waals surface area contributed by atoms with Crippen LogP contribution in [0.2, 0.25) is 5.02 Å². The van der Waals surface area contributed by atoms with E-state index in [1.165, 1.54) is 10.9 Å². The number of anilines is 1. The average Bonchev–Trinajstić information content (AvgIpc) is 2.64. The van der Waals surface area contributed by atoms with Gasteiger partial charge in [-0.15, -0.1) is 0 Å². The molecule has 4 N–H and O–H groups in total. The van der Waals surface area contributed by atoms with E-state index in [-0.39, 0.29) is 11.4 Å². The summed E-state index contributed by atoms with van der Waals surface area (Å²) in [6, 6.07) is 5.44. The average molecular weight is 251 g/mol. The predicted molar refractivity (Wildman–Crippen MR) is 66.2 cm³/mol. The maximum absolute atomic E-state index is 11.0. The van der Waals surface area contributed by atoms with Gasteiger partial charge >= 0.3 is 0 Å².